The van der Waals surface area contributed by atoms with Crippen LogP contribution in [-0.4, -0.2) is 25.2 Å². The molecule has 0 aliphatic rings. The number of nitrogens with one attached hydrogen (secondary N) is 2. The molecule has 7 nitrogen and oxygen atoms in total. The highest BCUT2D eigenvalue weighted by Crippen LogP contribution is 2.46. The van der Waals surface area contributed by atoms with Crippen LogP contribution in [-0.2, 0) is 0 Å². The molecule has 2 heterocycles. The average Bonchev–Trinajstić information content (AvgIpc) is 2.86. The van der Waals surface area contributed by atoms with Gasteiger partial charge in [-0.05, 0) is 31.5 Å². The average molecular weight is 526 g/mol. The van der Waals surface area contributed by atoms with Crippen molar-refractivity contribution in [2.24, 2.45) is 0 Å². The summed E-state index contributed by atoms with van der Waals surface area (Å²) in [4.78, 5) is 17.6. The summed E-state index contributed by atoms with van der Waals surface area (Å²) in [6, 6.07) is 10.5. The summed E-state index contributed by atoms with van der Waals surface area (Å²) < 4.78 is 16.7. The van der Waals surface area contributed by atoms with Gasteiger partial charge in [-0.15, -0.1) is 6.58 Å². The molecule has 0 fully saturated rings. The summed E-state index contributed by atoms with van der Waals surface area (Å²) in [5, 5.41) is 7.46. The van der Waals surface area contributed by atoms with Crippen LogP contribution in [0.1, 0.15) is 12.5 Å². The van der Waals surface area contributed by atoms with Crippen LogP contribution in [0, 0.1) is 6.92 Å². The van der Waals surface area contributed by atoms with Crippen molar-refractivity contribution in [3.63, 3.8) is 0 Å². The summed E-state index contributed by atoms with van der Waals surface area (Å²) in [5.41, 5.74) is 3.04. The Kier molecular flexibility index (Phi) is 7.43. The van der Waals surface area contributed by atoms with E-state index in [4.69, 9.17) is 37.1 Å². The van der Waals surface area contributed by atoms with Gasteiger partial charge in [0.2, 0.25) is 0 Å². The SMILES string of the molecule is C=CC(C)Nc1cccc(C)c1Nc1cc2c(=O)cc(-c3c(Cl)c(OC)cc(OC)c3Cl)oc2cn1. The smallest absolute Gasteiger partial charge is 0.193 e. The third kappa shape index (κ3) is 4.85. The Bertz CT molecular complexity index is 1490. The van der Waals surface area contributed by atoms with Gasteiger partial charge in [0, 0.05) is 18.2 Å². The van der Waals surface area contributed by atoms with Crippen molar-refractivity contribution in [1.82, 2.24) is 4.98 Å². The van der Waals surface area contributed by atoms with E-state index >= 15 is 0 Å². The van der Waals surface area contributed by atoms with Crippen molar-refractivity contribution < 1.29 is 13.9 Å². The van der Waals surface area contributed by atoms with Gasteiger partial charge in [0.1, 0.15) is 23.1 Å². The molecule has 0 spiro atoms. The topological polar surface area (TPSA) is 85.6 Å². The second-order valence-corrected chi connectivity index (χ2v) is 8.87. The zero-order valence-electron chi connectivity index (χ0n) is 20.2. The fourth-order valence-electron chi connectivity index (χ4n) is 3.74. The van der Waals surface area contributed by atoms with Gasteiger partial charge < -0.3 is 24.5 Å². The van der Waals surface area contributed by atoms with Crippen LogP contribution in [0.15, 0.2) is 64.5 Å². The highest BCUT2D eigenvalue weighted by Gasteiger charge is 2.22. The van der Waals surface area contributed by atoms with Gasteiger partial charge in [0.25, 0.3) is 0 Å². The van der Waals surface area contributed by atoms with Crippen LogP contribution in [0.25, 0.3) is 22.3 Å². The Balaban J connectivity index is 1.78. The van der Waals surface area contributed by atoms with Crippen LogP contribution in [0.3, 0.4) is 0 Å². The second kappa shape index (κ2) is 10.5. The van der Waals surface area contributed by atoms with Crippen LogP contribution >= 0.6 is 23.2 Å². The Morgan fingerprint density at radius 1 is 1.11 bits per heavy atom. The molecule has 0 bridgehead atoms. The maximum absolute atomic E-state index is 13.1. The largest absolute Gasteiger partial charge is 0.495 e. The van der Waals surface area contributed by atoms with E-state index in [-0.39, 0.29) is 32.9 Å². The minimum Gasteiger partial charge on any atom is -0.495 e. The number of methoxy groups -OCH3 is 2. The molecule has 4 rings (SSSR count). The zero-order valence-corrected chi connectivity index (χ0v) is 21.8. The highest BCUT2D eigenvalue weighted by molar-refractivity contribution is 6.41. The van der Waals surface area contributed by atoms with E-state index in [1.807, 2.05) is 38.1 Å². The van der Waals surface area contributed by atoms with E-state index in [1.54, 1.807) is 12.1 Å². The molecule has 9 heteroatoms. The molecule has 2 N–H and O–H groups in total. The molecule has 0 aliphatic carbocycles. The van der Waals surface area contributed by atoms with Crippen molar-refractivity contribution >= 4 is 51.4 Å². The quantitative estimate of drug-likeness (QED) is 0.235. The first-order valence-corrected chi connectivity index (χ1v) is 11.8. The summed E-state index contributed by atoms with van der Waals surface area (Å²) in [6.07, 6.45) is 3.30. The Morgan fingerprint density at radius 2 is 1.81 bits per heavy atom. The van der Waals surface area contributed by atoms with Crippen LogP contribution < -0.4 is 25.5 Å². The first-order valence-electron chi connectivity index (χ1n) is 11.1. The van der Waals surface area contributed by atoms with Gasteiger partial charge in [0.15, 0.2) is 11.0 Å². The van der Waals surface area contributed by atoms with Crippen molar-refractivity contribution in [2.45, 2.75) is 19.9 Å². The minimum atomic E-state index is -0.283. The van der Waals surface area contributed by atoms with Gasteiger partial charge >= 0.3 is 0 Å². The number of fused-ring (bicyclic) bond motifs is 1. The summed E-state index contributed by atoms with van der Waals surface area (Å²) in [7, 11) is 2.95. The van der Waals surface area contributed by atoms with Crippen molar-refractivity contribution in [1.29, 1.82) is 0 Å². The number of aromatic nitrogens is 1. The standard InChI is InChI=1S/C27H25Cl2N3O4/c1-6-15(3)31-17-9-7-8-14(2)27(17)32-23-10-16-18(33)11-19(36-22(16)13-30-23)24-25(28)20(34-4)12-21(35-5)26(24)29/h6-13,15,31H,1H2,2-5H3,(H,30,32). The van der Waals surface area contributed by atoms with E-state index in [1.165, 1.54) is 26.5 Å². The molecule has 1 atom stereocenters. The van der Waals surface area contributed by atoms with Gasteiger partial charge in [-0.1, -0.05) is 41.4 Å². The first-order chi connectivity index (χ1) is 17.3. The molecule has 36 heavy (non-hydrogen) atoms. The number of hydrogen-bond donors (Lipinski definition) is 2. The Hall–Kier alpha value is -3.68. The predicted octanol–water partition coefficient (Wildman–Crippen LogP) is 7.22. The zero-order chi connectivity index (χ0) is 26.0. The molecular formula is C27H25Cl2N3O4. The molecule has 0 aliphatic heterocycles. The highest BCUT2D eigenvalue weighted by atomic mass is 35.5. The van der Waals surface area contributed by atoms with E-state index in [0.717, 1.165) is 16.9 Å². The number of para-hydroxylation sites is 1. The number of pyridine rings is 1. The molecular weight excluding hydrogens is 501 g/mol. The monoisotopic (exact) mass is 525 g/mol. The summed E-state index contributed by atoms with van der Waals surface area (Å²) >= 11 is 13.0. The van der Waals surface area contributed by atoms with E-state index in [0.29, 0.717) is 28.3 Å². The molecule has 0 saturated heterocycles. The number of nitrogens with zero attached hydrogens (tertiary/aromatic N) is 1. The molecule has 1 unspecified atom stereocenters. The number of anilines is 3. The van der Waals surface area contributed by atoms with Crippen LogP contribution in [0.2, 0.25) is 10.0 Å². The van der Waals surface area contributed by atoms with E-state index in [9.17, 15) is 4.79 Å². The number of ether oxygens (including phenoxy) is 2. The number of benzene rings is 2. The van der Waals surface area contributed by atoms with Crippen LogP contribution in [0.5, 0.6) is 11.5 Å². The molecule has 4 aromatic rings. The molecule has 0 radical (unpaired) electrons. The lowest BCUT2D eigenvalue weighted by molar-refractivity contribution is 0.394. The van der Waals surface area contributed by atoms with Gasteiger partial charge in [-0.3, -0.25) is 4.79 Å². The van der Waals surface area contributed by atoms with Gasteiger partial charge in [-0.2, -0.15) is 0 Å². The predicted molar refractivity (Wildman–Crippen MR) is 147 cm³/mol. The molecule has 0 amide bonds. The molecule has 0 saturated carbocycles. The fourth-order valence-corrected chi connectivity index (χ4v) is 4.43. The lowest BCUT2D eigenvalue weighted by Gasteiger charge is -2.18. The lowest BCUT2D eigenvalue weighted by Crippen LogP contribution is -2.13. The van der Waals surface area contributed by atoms with Gasteiger partial charge in [-0.25, -0.2) is 4.98 Å². The fraction of sp³-hybridized carbons (Fsp3) is 0.185. The summed E-state index contributed by atoms with van der Waals surface area (Å²) in [5.74, 6) is 1.33. The van der Waals surface area contributed by atoms with E-state index < -0.39 is 0 Å². The Labute approximate surface area is 218 Å². The second-order valence-electron chi connectivity index (χ2n) is 8.12. The van der Waals surface area contributed by atoms with Crippen molar-refractivity contribution in [3.8, 4) is 22.8 Å². The van der Waals surface area contributed by atoms with E-state index in [2.05, 4.69) is 22.2 Å². The molecule has 2 aromatic heterocycles. The Morgan fingerprint density at radius 3 is 2.44 bits per heavy atom. The van der Waals surface area contributed by atoms with Crippen molar-refractivity contribution in [2.75, 3.05) is 24.9 Å². The minimum absolute atomic E-state index is 0.0660. The maximum atomic E-state index is 13.1. The lowest BCUT2D eigenvalue weighted by atomic mass is 10.1. The third-order valence-corrected chi connectivity index (χ3v) is 6.45. The van der Waals surface area contributed by atoms with Crippen molar-refractivity contribution in [3.05, 3.63) is 81.1 Å². The molecule has 2 aromatic carbocycles. The maximum Gasteiger partial charge on any atom is 0.193 e. The number of aryl methyl sites for hydroxylation is 1. The normalized spacial score (nSPS) is 11.7. The number of hydrogen-bond acceptors (Lipinski definition) is 7. The molecule has 186 valence electrons. The van der Waals surface area contributed by atoms with Gasteiger partial charge in [0.05, 0.1) is 52.8 Å². The third-order valence-electron chi connectivity index (χ3n) is 5.70. The first kappa shape index (κ1) is 25.4. The summed E-state index contributed by atoms with van der Waals surface area (Å²) in [6.45, 7) is 7.82. The number of halogens is 2. The van der Waals surface area contributed by atoms with Crippen LogP contribution in [0.4, 0.5) is 17.2 Å². The number of rotatable bonds is 8.